The van der Waals surface area contributed by atoms with Crippen molar-refractivity contribution in [1.29, 1.82) is 0 Å². The van der Waals surface area contributed by atoms with E-state index in [2.05, 4.69) is 10.5 Å². The monoisotopic (exact) mass is 344 g/mol. The van der Waals surface area contributed by atoms with E-state index in [0.29, 0.717) is 22.6 Å². The van der Waals surface area contributed by atoms with E-state index in [0.717, 1.165) is 16.3 Å². The van der Waals surface area contributed by atoms with Gasteiger partial charge in [0.1, 0.15) is 5.71 Å². The Morgan fingerprint density at radius 1 is 0.962 bits per heavy atom. The molecule has 0 spiro atoms. The number of ketones is 1. The average molecular weight is 344 g/mol. The molecule has 6 heteroatoms. The lowest BCUT2D eigenvalue weighted by atomic mass is 10.1. The zero-order chi connectivity index (χ0) is 17.7. The smallest absolute Gasteiger partial charge is 0.271 e. The number of nitrogens with one attached hydrogen (secondary N) is 1. The second-order valence-electron chi connectivity index (χ2n) is 6.01. The van der Waals surface area contributed by atoms with Gasteiger partial charge < -0.3 is 9.47 Å². The Morgan fingerprint density at radius 2 is 1.73 bits per heavy atom. The Kier molecular flexibility index (Phi) is 3.05. The Bertz CT molecular complexity index is 1130. The maximum absolute atomic E-state index is 12.7. The van der Waals surface area contributed by atoms with Crippen LogP contribution in [0.5, 0.6) is 11.5 Å². The third-order valence-corrected chi connectivity index (χ3v) is 4.52. The van der Waals surface area contributed by atoms with Gasteiger partial charge in [0.25, 0.3) is 5.91 Å². The van der Waals surface area contributed by atoms with Crippen molar-refractivity contribution in [2.75, 3.05) is 6.79 Å². The molecule has 0 bridgehead atoms. The molecule has 2 aliphatic rings. The van der Waals surface area contributed by atoms with Crippen LogP contribution >= 0.6 is 0 Å². The highest BCUT2D eigenvalue weighted by Crippen LogP contribution is 2.33. The predicted octanol–water partition coefficient (Wildman–Crippen LogP) is 2.90. The number of hydrogen-bond acceptors (Lipinski definition) is 5. The van der Waals surface area contributed by atoms with Gasteiger partial charge in [0.2, 0.25) is 12.6 Å². The Morgan fingerprint density at radius 3 is 2.58 bits per heavy atom. The van der Waals surface area contributed by atoms with Crippen LogP contribution in [0.4, 0.5) is 0 Å². The second kappa shape index (κ2) is 5.42. The van der Waals surface area contributed by atoms with E-state index < -0.39 is 5.91 Å². The minimum Gasteiger partial charge on any atom is -0.454 e. The molecule has 0 radical (unpaired) electrons. The van der Waals surface area contributed by atoms with E-state index in [1.54, 1.807) is 24.3 Å². The average Bonchev–Trinajstić information content (AvgIpc) is 3.24. The summed E-state index contributed by atoms with van der Waals surface area (Å²) >= 11 is 0. The Hall–Kier alpha value is -3.67. The van der Waals surface area contributed by atoms with Gasteiger partial charge in [-0.3, -0.25) is 9.59 Å². The number of hydrazone groups is 1. The number of hydrogen-bond donors (Lipinski definition) is 1. The number of carbonyl (C=O) groups is 2. The van der Waals surface area contributed by atoms with Gasteiger partial charge in [-0.1, -0.05) is 36.4 Å². The molecule has 0 atom stereocenters. The van der Waals surface area contributed by atoms with Crippen LogP contribution in [0.2, 0.25) is 0 Å². The lowest BCUT2D eigenvalue weighted by Gasteiger charge is -2.03. The molecule has 3 aromatic rings. The number of nitrogens with zero attached hydrogens (tertiary/aromatic N) is 1. The molecule has 1 aliphatic heterocycles. The SMILES string of the molecule is O=C(N/N=C1/C(=O)c2cccc3cccc1c23)c1ccc2c(c1)OCO2. The van der Waals surface area contributed by atoms with Crippen LogP contribution in [-0.4, -0.2) is 24.2 Å². The molecule has 0 saturated carbocycles. The number of carbonyl (C=O) groups excluding carboxylic acids is 2. The molecule has 0 fully saturated rings. The van der Waals surface area contributed by atoms with Crippen LogP contribution in [0.3, 0.4) is 0 Å². The van der Waals surface area contributed by atoms with Crippen LogP contribution in [0.1, 0.15) is 26.3 Å². The maximum Gasteiger partial charge on any atom is 0.271 e. The quantitative estimate of drug-likeness (QED) is 0.725. The van der Waals surface area contributed by atoms with Crippen molar-refractivity contribution in [2.24, 2.45) is 5.10 Å². The fourth-order valence-electron chi connectivity index (χ4n) is 3.30. The molecule has 5 rings (SSSR count). The van der Waals surface area contributed by atoms with Crippen molar-refractivity contribution in [2.45, 2.75) is 0 Å². The summed E-state index contributed by atoms with van der Waals surface area (Å²) in [6.45, 7) is 0.138. The third-order valence-electron chi connectivity index (χ3n) is 4.52. The number of rotatable bonds is 2. The van der Waals surface area contributed by atoms with Crippen LogP contribution in [0.25, 0.3) is 10.8 Å². The number of amides is 1. The molecule has 0 unspecified atom stereocenters. The number of benzene rings is 3. The van der Waals surface area contributed by atoms with Crippen molar-refractivity contribution in [3.05, 3.63) is 71.3 Å². The number of ether oxygens (including phenoxy) is 2. The zero-order valence-corrected chi connectivity index (χ0v) is 13.5. The van der Waals surface area contributed by atoms with E-state index in [1.165, 1.54) is 0 Å². The predicted molar refractivity (Wildman–Crippen MR) is 94.8 cm³/mol. The van der Waals surface area contributed by atoms with Gasteiger partial charge in [0.15, 0.2) is 11.5 Å². The molecule has 0 saturated heterocycles. The lowest BCUT2D eigenvalue weighted by Crippen LogP contribution is -2.22. The van der Waals surface area contributed by atoms with E-state index >= 15 is 0 Å². The van der Waals surface area contributed by atoms with Gasteiger partial charge in [-0.25, -0.2) is 5.43 Å². The van der Waals surface area contributed by atoms with Crippen LogP contribution in [0.15, 0.2) is 59.7 Å². The molecule has 126 valence electrons. The molecule has 1 amide bonds. The summed E-state index contributed by atoms with van der Waals surface area (Å²) in [6.07, 6.45) is 0. The van der Waals surface area contributed by atoms with Gasteiger partial charge in [0, 0.05) is 22.1 Å². The molecule has 3 aromatic carbocycles. The van der Waals surface area contributed by atoms with Crippen molar-refractivity contribution in [3.63, 3.8) is 0 Å². The van der Waals surface area contributed by atoms with Crippen LogP contribution < -0.4 is 14.9 Å². The van der Waals surface area contributed by atoms with Crippen LogP contribution in [-0.2, 0) is 0 Å². The largest absolute Gasteiger partial charge is 0.454 e. The Labute approximate surface area is 148 Å². The molecule has 6 nitrogen and oxygen atoms in total. The molecule has 26 heavy (non-hydrogen) atoms. The van der Waals surface area contributed by atoms with E-state index in [1.807, 2.05) is 30.3 Å². The van der Waals surface area contributed by atoms with Crippen molar-refractivity contribution in [1.82, 2.24) is 5.43 Å². The van der Waals surface area contributed by atoms with Crippen molar-refractivity contribution in [3.8, 4) is 11.5 Å². The van der Waals surface area contributed by atoms with E-state index in [4.69, 9.17) is 9.47 Å². The molecular formula is C20H12N2O4. The highest BCUT2D eigenvalue weighted by atomic mass is 16.7. The van der Waals surface area contributed by atoms with Crippen molar-refractivity contribution >= 4 is 28.2 Å². The fraction of sp³-hybridized carbons (Fsp3) is 0.0500. The molecule has 1 aliphatic carbocycles. The molecule has 0 aromatic heterocycles. The van der Waals surface area contributed by atoms with Gasteiger partial charge in [-0.2, -0.15) is 5.10 Å². The first kappa shape index (κ1) is 14.7. The first-order valence-corrected chi connectivity index (χ1v) is 8.07. The Balaban J connectivity index is 1.48. The summed E-state index contributed by atoms with van der Waals surface area (Å²) in [5, 5.41) is 5.95. The van der Waals surface area contributed by atoms with E-state index in [-0.39, 0.29) is 18.3 Å². The maximum atomic E-state index is 12.7. The van der Waals surface area contributed by atoms with E-state index in [9.17, 15) is 9.59 Å². The first-order chi connectivity index (χ1) is 12.7. The van der Waals surface area contributed by atoms with Crippen molar-refractivity contribution < 1.29 is 19.1 Å². The topological polar surface area (TPSA) is 77.0 Å². The normalized spacial score (nSPS) is 15.7. The summed E-state index contributed by atoms with van der Waals surface area (Å²) in [7, 11) is 0. The second-order valence-corrected chi connectivity index (χ2v) is 6.01. The van der Waals surface area contributed by atoms with Gasteiger partial charge in [-0.05, 0) is 23.6 Å². The van der Waals surface area contributed by atoms with Gasteiger partial charge in [0.05, 0.1) is 0 Å². The van der Waals surface area contributed by atoms with Gasteiger partial charge >= 0.3 is 0 Å². The molecular weight excluding hydrogens is 332 g/mol. The third kappa shape index (κ3) is 2.09. The highest BCUT2D eigenvalue weighted by molar-refractivity contribution is 6.59. The fourth-order valence-corrected chi connectivity index (χ4v) is 3.30. The number of Topliss-reactive ketones (excluding diaryl/α,β-unsaturated/α-hetero) is 1. The summed E-state index contributed by atoms with van der Waals surface area (Å²) < 4.78 is 10.5. The summed E-state index contributed by atoms with van der Waals surface area (Å²) in [4.78, 5) is 25.1. The molecule has 1 heterocycles. The minimum absolute atomic E-state index is 0.138. The first-order valence-electron chi connectivity index (χ1n) is 8.07. The lowest BCUT2D eigenvalue weighted by molar-refractivity contribution is 0.0954. The molecule has 1 N–H and O–H groups in total. The summed E-state index contributed by atoms with van der Waals surface area (Å²) in [6, 6.07) is 16.1. The number of fused-ring (bicyclic) bond motifs is 1. The highest BCUT2D eigenvalue weighted by Gasteiger charge is 2.29. The van der Waals surface area contributed by atoms with Crippen LogP contribution in [0, 0.1) is 0 Å². The standard InChI is InChI=1S/C20H12N2O4/c23-19-14-6-2-4-11-3-1-5-13(17(11)14)18(19)21-22-20(24)12-7-8-15-16(9-12)26-10-25-15/h1-9H,10H2,(H,22,24)/b21-18+. The zero-order valence-electron chi connectivity index (χ0n) is 13.5. The minimum atomic E-state index is -0.424. The summed E-state index contributed by atoms with van der Waals surface area (Å²) in [5.41, 5.74) is 4.42. The summed E-state index contributed by atoms with van der Waals surface area (Å²) in [5.74, 6) is 0.495. The van der Waals surface area contributed by atoms with Gasteiger partial charge in [-0.15, -0.1) is 0 Å².